The number of hydrogen-bond acceptors (Lipinski definition) is 15. The fraction of sp³-hybridized carbons (Fsp3) is 0.605. The van der Waals surface area contributed by atoms with Crippen LogP contribution in [0, 0.1) is 22.7 Å². The summed E-state index contributed by atoms with van der Waals surface area (Å²) in [4.78, 5) is 93.7. The Labute approximate surface area is 339 Å². The number of benzene rings is 1. The van der Waals surface area contributed by atoms with Gasteiger partial charge in [0.1, 0.15) is 24.4 Å². The lowest BCUT2D eigenvalue weighted by Gasteiger charge is -2.61. The maximum atomic E-state index is 14.5. The molecule has 0 N–H and O–H groups in total. The lowest BCUT2D eigenvalue weighted by molar-refractivity contribution is -0.231. The van der Waals surface area contributed by atoms with Crippen molar-refractivity contribution < 1.29 is 66.7 Å². The van der Waals surface area contributed by atoms with Gasteiger partial charge in [0, 0.05) is 59.8 Å². The van der Waals surface area contributed by atoms with E-state index in [2.05, 4.69) is 6.58 Å². The van der Waals surface area contributed by atoms with Gasteiger partial charge in [-0.3, -0.25) is 33.7 Å². The van der Waals surface area contributed by atoms with Gasteiger partial charge in [0.15, 0.2) is 12.2 Å². The van der Waals surface area contributed by atoms with Gasteiger partial charge in [-0.05, 0) is 55.1 Å². The molecular weight excluding hydrogens is 754 g/mol. The van der Waals surface area contributed by atoms with Crippen LogP contribution in [0.5, 0.6) is 0 Å². The number of carbonyl (C=O) groups excluding carboxylic acids is 7. The SMILES string of the molecule is C=C1C(OC(=O)C(OC(C)=O)C(c2ccccc2)N(C)C)C[C@H](OC(C)=O)[C@]2(C)C1C(OC(C)=O)[C@@H]1CC(OC(C)=O)C(C)=C([C@@H](OC(C)=O)C2OC(C)=O)C1(C)C. The zero-order chi connectivity index (χ0) is 43.6. The van der Waals surface area contributed by atoms with E-state index in [1.54, 1.807) is 63.2 Å². The number of carbonyl (C=O) groups is 7. The van der Waals surface area contributed by atoms with E-state index >= 15 is 0 Å². The molecule has 0 aliphatic heterocycles. The van der Waals surface area contributed by atoms with Crippen molar-refractivity contribution in [3.8, 4) is 0 Å². The summed E-state index contributed by atoms with van der Waals surface area (Å²) in [6.45, 7) is 18.8. The Morgan fingerprint density at radius 2 is 1.26 bits per heavy atom. The molecule has 58 heavy (non-hydrogen) atoms. The molecule has 2 saturated carbocycles. The summed E-state index contributed by atoms with van der Waals surface area (Å²) in [5.74, 6) is -7.06. The highest BCUT2D eigenvalue weighted by atomic mass is 16.6. The second-order valence-corrected chi connectivity index (χ2v) is 16.4. The van der Waals surface area contributed by atoms with Crippen LogP contribution in [0.4, 0.5) is 0 Å². The number of fused-ring (bicyclic) bond motifs is 3. The van der Waals surface area contributed by atoms with Gasteiger partial charge in [0.2, 0.25) is 6.10 Å². The monoisotopic (exact) mass is 811 g/mol. The number of rotatable bonds is 11. The minimum Gasteiger partial charge on any atom is -0.462 e. The molecule has 2 bridgehead atoms. The number of hydrogen-bond donors (Lipinski definition) is 0. The van der Waals surface area contributed by atoms with Crippen LogP contribution in [0.15, 0.2) is 53.6 Å². The van der Waals surface area contributed by atoms with E-state index < -0.39 is 113 Å². The van der Waals surface area contributed by atoms with Crippen LogP contribution in [0.3, 0.4) is 0 Å². The highest BCUT2D eigenvalue weighted by molar-refractivity contribution is 5.80. The molecule has 11 atom stereocenters. The Kier molecular flexibility index (Phi) is 14.0. The maximum Gasteiger partial charge on any atom is 0.350 e. The topological polar surface area (TPSA) is 187 Å². The van der Waals surface area contributed by atoms with Gasteiger partial charge in [-0.25, -0.2) is 4.79 Å². The molecule has 0 aromatic heterocycles. The minimum atomic E-state index is -1.60. The molecule has 0 heterocycles. The van der Waals surface area contributed by atoms with Crippen molar-refractivity contribution in [2.24, 2.45) is 22.7 Å². The lowest BCUT2D eigenvalue weighted by Crippen LogP contribution is -2.68. The smallest absolute Gasteiger partial charge is 0.350 e. The first-order valence-corrected chi connectivity index (χ1v) is 19.3. The lowest BCUT2D eigenvalue weighted by atomic mass is 9.48. The molecule has 2 fully saturated rings. The van der Waals surface area contributed by atoms with Crippen molar-refractivity contribution in [1.82, 2.24) is 4.90 Å². The molecular formula is C43H57NO14. The van der Waals surface area contributed by atoms with Gasteiger partial charge in [-0.1, -0.05) is 57.7 Å². The molecule has 15 heteroatoms. The van der Waals surface area contributed by atoms with Crippen molar-refractivity contribution in [3.63, 3.8) is 0 Å². The van der Waals surface area contributed by atoms with Crippen molar-refractivity contribution in [2.45, 2.75) is 131 Å². The summed E-state index contributed by atoms with van der Waals surface area (Å²) >= 11 is 0. The van der Waals surface area contributed by atoms with Crippen LogP contribution in [0.1, 0.15) is 93.7 Å². The third-order valence-electron chi connectivity index (χ3n) is 11.8. The predicted octanol–water partition coefficient (Wildman–Crippen LogP) is 4.75. The van der Waals surface area contributed by atoms with Crippen LogP contribution in [0.25, 0.3) is 0 Å². The summed E-state index contributed by atoms with van der Waals surface area (Å²) in [6, 6.07) is 8.13. The molecule has 0 amide bonds. The third-order valence-corrected chi connectivity index (χ3v) is 11.8. The molecule has 7 unspecified atom stereocenters. The first-order chi connectivity index (χ1) is 26.9. The molecule has 3 aliphatic carbocycles. The molecule has 0 spiro atoms. The van der Waals surface area contributed by atoms with E-state index in [1.165, 1.54) is 41.5 Å². The normalized spacial score (nSPS) is 29.9. The second-order valence-electron chi connectivity index (χ2n) is 16.4. The zero-order valence-electron chi connectivity index (χ0n) is 35.4. The van der Waals surface area contributed by atoms with E-state index in [0.717, 1.165) is 0 Å². The Morgan fingerprint density at radius 3 is 1.76 bits per heavy atom. The first kappa shape index (κ1) is 45.6. The highest BCUT2D eigenvalue weighted by Gasteiger charge is 2.68. The summed E-state index contributed by atoms with van der Waals surface area (Å²) < 4.78 is 42.4. The van der Waals surface area contributed by atoms with Crippen LogP contribution < -0.4 is 0 Å². The molecule has 1 aromatic rings. The van der Waals surface area contributed by atoms with Crippen molar-refractivity contribution in [2.75, 3.05) is 14.1 Å². The summed E-state index contributed by atoms with van der Waals surface area (Å²) in [5, 5.41) is 0. The van der Waals surface area contributed by atoms with Crippen LogP contribution >= 0.6 is 0 Å². The number of esters is 7. The standard InChI is InChI=1S/C43H57NO14/c1-21-31(52-23(3)45)19-30-37(54-25(5)47)35-22(2)32(58-41(51)39(56-27(7)49)36(44(12)13)29-17-15-14-16-18-29)20-33(53-24(4)46)43(35,11)40(57-28(8)50)38(55-26(6)48)34(21)42(30,9)10/h14-18,30-33,35-40H,2,19-20H2,1,3-13H3/t30-,31?,32?,33-,35?,36?,37?,38+,39?,40?,43+/m0/s1. The van der Waals surface area contributed by atoms with Gasteiger partial charge in [0.05, 0.1) is 11.5 Å². The Hall–Kier alpha value is -5.05. The summed E-state index contributed by atoms with van der Waals surface area (Å²) in [6.07, 6.45) is -8.96. The first-order valence-electron chi connectivity index (χ1n) is 19.3. The van der Waals surface area contributed by atoms with Gasteiger partial charge >= 0.3 is 41.8 Å². The maximum absolute atomic E-state index is 14.5. The molecule has 4 rings (SSSR count). The largest absolute Gasteiger partial charge is 0.462 e. The third kappa shape index (κ3) is 9.29. The van der Waals surface area contributed by atoms with Gasteiger partial charge < -0.3 is 33.2 Å². The Morgan fingerprint density at radius 1 is 0.707 bits per heavy atom. The van der Waals surface area contributed by atoms with Gasteiger partial charge in [0.25, 0.3) is 0 Å². The molecule has 3 aliphatic rings. The molecule has 15 nitrogen and oxygen atoms in total. The predicted molar refractivity (Wildman–Crippen MR) is 206 cm³/mol. The van der Waals surface area contributed by atoms with E-state index in [-0.39, 0.29) is 18.4 Å². The average Bonchev–Trinajstić information content (AvgIpc) is 3.08. The van der Waals surface area contributed by atoms with Crippen LogP contribution in [0.2, 0.25) is 0 Å². The fourth-order valence-electron chi connectivity index (χ4n) is 9.62. The van der Waals surface area contributed by atoms with Crippen molar-refractivity contribution in [1.29, 1.82) is 0 Å². The number of ether oxygens (including phenoxy) is 7. The fourth-order valence-corrected chi connectivity index (χ4v) is 9.62. The molecule has 0 saturated heterocycles. The van der Waals surface area contributed by atoms with E-state index in [1.807, 2.05) is 13.8 Å². The van der Waals surface area contributed by atoms with Crippen molar-refractivity contribution >= 4 is 41.8 Å². The average molecular weight is 812 g/mol. The number of likely N-dealkylation sites (N-methyl/N-ethyl adjacent to an activating group) is 1. The van der Waals surface area contributed by atoms with Gasteiger partial charge in [-0.15, -0.1) is 0 Å². The molecule has 1 aromatic carbocycles. The van der Waals surface area contributed by atoms with E-state index in [0.29, 0.717) is 16.7 Å². The van der Waals surface area contributed by atoms with Gasteiger partial charge in [-0.2, -0.15) is 0 Å². The second kappa shape index (κ2) is 17.8. The zero-order valence-corrected chi connectivity index (χ0v) is 35.4. The van der Waals surface area contributed by atoms with E-state index in [4.69, 9.17) is 33.2 Å². The number of nitrogens with zero attached hydrogens (tertiary/aromatic N) is 1. The highest BCUT2D eigenvalue weighted by Crippen LogP contribution is 2.62. The van der Waals surface area contributed by atoms with Crippen LogP contribution in [-0.2, 0) is 66.7 Å². The quantitative estimate of drug-likeness (QED) is 0.169. The Bertz CT molecular complexity index is 1830. The van der Waals surface area contributed by atoms with Crippen LogP contribution in [-0.4, -0.2) is 104 Å². The minimum absolute atomic E-state index is 0.129. The summed E-state index contributed by atoms with van der Waals surface area (Å²) in [7, 11) is 3.44. The molecule has 318 valence electrons. The van der Waals surface area contributed by atoms with Crippen molar-refractivity contribution in [3.05, 3.63) is 59.2 Å². The summed E-state index contributed by atoms with van der Waals surface area (Å²) in [5.41, 5.74) is -0.760. The Balaban J connectivity index is 2.04. The van der Waals surface area contributed by atoms with E-state index in [9.17, 15) is 33.6 Å². The molecule has 0 radical (unpaired) electrons.